The number of esters is 2. The normalized spacial score (nSPS) is 12.9. The van der Waals surface area contributed by atoms with E-state index < -0.39 is 0 Å². The summed E-state index contributed by atoms with van der Waals surface area (Å²) in [5, 5.41) is 0. The highest BCUT2D eigenvalue weighted by molar-refractivity contribution is 5.91. The molecule has 3 aromatic rings. The number of carbonyl (C=O) groups is 2. The topological polar surface area (TPSA) is 61.8 Å². The molecule has 4 rings (SSSR count). The van der Waals surface area contributed by atoms with E-state index in [2.05, 4.69) is 0 Å². The number of hydrogen-bond acceptors (Lipinski definition) is 5. The summed E-state index contributed by atoms with van der Waals surface area (Å²) in [4.78, 5) is 24.7. The summed E-state index contributed by atoms with van der Waals surface area (Å²) in [6.45, 7) is 1.28. The lowest BCUT2D eigenvalue weighted by Crippen LogP contribution is -2.11. The summed E-state index contributed by atoms with van der Waals surface area (Å²) in [5.74, 6) is -0.140. The Balaban J connectivity index is 1.33. The van der Waals surface area contributed by atoms with Crippen LogP contribution in [0.5, 0.6) is 0 Å². The third-order valence-electron chi connectivity index (χ3n) is 5.39. The van der Waals surface area contributed by atoms with E-state index in [1.54, 1.807) is 30.3 Å². The van der Waals surface area contributed by atoms with Gasteiger partial charge in [0.1, 0.15) is 6.61 Å². The van der Waals surface area contributed by atoms with Crippen LogP contribution in [0.15, 0.2) is 78.9 Å². The standard InChI is InChI=1S/C27H26O5/c28-26(21-8-2-1-3-9-21)32-19-23-11-5-4-10-22(23)17-30-18-24-12-6-7-13-25(24)27(29)31-16-20-14-15-20/h1-13,20H,14-19H2. The average Bonchev–Trinajstić information content (AvgIpc) is 3.67. The molecule has 1 aliphatic carbocycles. The summed E-state index contributed by atoms with van der Waals surface area (Å²) < 4.78 is 16.8. The summed E-state index contributed by atoms with van der Waals surface area (Å²) in [6, 6.07) is 24.0. The second kappa shape index (κ2) is 10.7. The lowest BCUT2D eigenvalue weighted by Gasteiger charge is -2.13. The maximum atomic E-state index is 12.4. The SMILES string of the molecule is O=C(OCc1ccccc1COCc1ccccc1C(=O)OCC1CC1)c1ccccc1. The third kappa shape index (κ3) is 6.05. The Morgan fingerprint density at radius 1 is 0.656 bits per heavy atom. The molecule has 0 spiro atoms. The van der Waals surface area contributed by atoms with Gasteiger partial charge >= 0.3 is 11.9 Å². The number of benzene rings is 3. The van der Waals surface area contributed by atoms with Crippen LogP contribution >= 0.6 is 0 Å². The van der Waals surface area contributed by atoms with E-state index in [9.17, 15) is 9.59 Å². The summed E-state index contributed by atoms with van der Waals surface area (Å²) in [7, 11) is 0. The molecule has 0 unspecified atom stereocenters. The Labute approximate surface area is 187 Å². The fourth-order valence-electron chi connectivity index (χ4n) is 3.31. The minimum atomic E-state index is -0.361. The van der Waals surface area contributed by atoms with Crippen molar-refractivity contribution >= 4 is 11.9 Å². The molecule has 5 nitrogen and oxygen atoms in total. The van der Waals surface area contributed by atoms with Crippen molar-refractivity contribution in [3.05, 3.63) is 107 Å². The monoisotopic (exact) mass is 430 g/mol. The largest absolute Gasteiger partial charge is 0.462 e. The quantitative estimate of drug-likeness (QED) is 0.407. The van der Waals surface area contributed by atoms with Crippen LogP contribution in [0.3, 0.4) is 0 Å². The zero-order valence-electron chi connectivity index (χ0n) is 17.9. The maximum absolute atomic E-state index is 12.4. The first-order valence-corrected chi connectivity index (χ1v) is 10.8. The second-order valence-corrected chi connectivity index (χ2v) is 7.90. The highest BCUT2D eigenvalue weighted by Crippen LogP contribution is 2.29. The Morgan fingerprint density at radius 2 is 1.25 bits per heavy atom. The number of rotatable bonds is 10. The zero-order valence-corrected chi connectivity index (χ0v) is 17.9. The molecule has 0 aromatic heterocycles. The van der Waals surface area contributed by atoms with E-state index in [4.69, 9.17) is 14.2 Å². The predicted molar refractivity (Wildman–Crippen MR) is 120 cm³/mol. The molecule has 1 fully saturated rings. The van der Waals surface area contributed by atoms with E-state index >= 15 is 0 Å². The van der Waals surface area contributed by atoms with Gasteiger partial charge in [-0.2, -0.15) is 0 Å². The molecular formula is C27H26O5. The molecule has 0 bridgehead atoms. The fourth-order valence-corrected chi connectivity index (χ4v) is 3.31. The van der Waals surface area contributed by atoms with E-state index in [0.29, 0.717) is 30.3 Å². The van der Waals surface area contributed by atoms with Crippen molar-refractivity contribution in [2.75, 3.05) is 6.61 Å². The van der Waals surface area contributed by atoms with E-state index in [0.717, 1.165) is 29.5 Å². The maximum Gasteiger partial charge on any atom is 0.338 e. The van der Waals surface area contributed by atoms with Crippen LogP contribution in [0, 0.1) is 5.92 Å². The van der Waals surface area contributed by atoms with Gasteiger partial charge in [-0.05, 0) is 53.6 Å². The Kier molecular flexibility index (Phi) is 7.31. The predicted octanol–water partition coefficient (Wildman–Crippen LogP) is 5.33. The van der Waals surface area contributed by atoms with Crippen LogP contribution in [0.25, 0.3) is 0 Å². The molecule has 0 amide bonds. The van der Waals surface area contributed by atoms with Gasteiger partial charge in [-0.25, -0.2) is 9.59 Å². The molecule has 0 aliphatic heterocycles. The minimum Gasteiger partial charge on any atom is -0.462 e. The van der Waals surface area contributed by atoms with Gasteiger partial charge in [-0.15, -0.1) is 0 Å². The highest BCUT2D eigenvalue weighted by atomic mass is 16.5. The molecule has 0 N–H and O–H groups in total. The molecule has 0 atom stereocenters. The highest BCUT2D eigenvalue weighted by Gasteiger charge is 2.24. The molecular weight excluding hydrogens is 404 g/mol. The second-order valence-electron chi connectivity index (χ2n) is 7.90. The van der Waals surface area contributed by atoms with Crippen LogP contribution in [0.4, 0.5) is 0 Å². The molecule has 0 saturated heterocycles. The number of carbonyl (C=O) groups excluding carboxylic acids is 2. The van der Waals surface area contributed by atoms with Gasteiger partial charge in [0.05, 0.1) is 30.9 Å². The van der Waals surface area contributed by atoms with Gasteiger partial charge in [0.25, 0.3) is 0 Å². The Morgan fingerprint density at radius 3 is 1.97 bits per heavy atom. The molecule has 5 heteroatoms. The van der Waals surface area contributed by atoms with Gasteiger partial charge in [-0.1, -0.05) is 60.7 Å². The lowest BCUT2D eigenvalue weighted by atomic mass is 10.1. The van der Waals surface area contributed by atoms with Crippen molar-refractivity contribution in [3.8, 4) is 0 Å². The van der Waals surface area contributed by atoms with Crippen LogP contribution in [0.1, 0.15) is 50.2 Å². The summed E-state index contributed by atoms with van der Waals surface area (Å²) in [6.07, 6.45) is 2.27. The van der Waals surface area contributed by atoms with Crippen LogP contribution < -0.4 is 0 Å². The molecule has 32 heavy (non-hydrogen) atoms. The Hall–Kier alpha value is -3.44. The van der Waals surface area contributed by atoms with Crippen molar-refractivity contribution in [1.29, 1.82) is 0 Å². The van der Waals surface area contributed by atoms with E-state index in [1.165, 1.54) is 0 Å². The van der Waals surface area contributed by atoms with Gasteiger partial charge in [0, 0.05) is 0 Å². The summed E-state index contributed by atoms with van der Waals surface area (Å²) >= 11 is 0. The molecule has 164 valence electrons. The summed E-state index contributed by atoms with van der Waals surface area (Å²) in [5.41, 5.74) is 3.67. The first-order chi connectivity index (χ1) is 15.7. The average molecular weight is 431 g/mol. The van der Waals surface area contributed by atoms with Gasteiger partial charge in [-0.3, -0.25) is 0 Å². The van der Waals surface area contributed by atoms with Gasteiger partial charge < -0.3 is 14.2 Å². The first-order valence-electron chi connectivity index (χ1n) is 10.8. The number of hydrogen-bond donors (Lipinski definition) is 0. The fraction of sp³-hybridized carbons (Fsp3) is 0.259. The van der Waals surface area contributed by atoms with E-state index in [-0.39, 0.29) is 25.2 Å². The van der Waals surface area contributed by atoms with Crippen molar-refractivity contribution in [3.63, 3.8) is 0 Å². The molecule has 0 heterocycles. The molecule has 3 aromatic carbocycles. The first kappa shape index (κ1) is 21.8. The third-order valence-corrected chi connectivity index (χ3v) is 5.39. The van der Waals surface area contributed by atoms with Crippen molar-refractivity contribution in [1.82, 2.24) is 0 Å². The van der Waals surface area contributed by atoms with Crippen LogP contribution in [0.2, 0.25) is 0 Å². The van der Waals surface area contributed by atoms with Crippen molar-refractivity contribution in [2.45, 2.75) is 32.7 Å². The lowest BCUT2D eigenvalue weighted by molar-refractivity contribution is 0.0466. The smallest absolute Gasteiger partial charge is 0.338 e. The van der Waals surface area contributed by atoms with Crippen LogP contribution in [-0.2, 0) is 34.0 Å². The van der Waals surface area contributed by atoms with Gasteiger partial charge in [0.15, 0.2) is 0 Å². The number of ether oxygens (including phenoxy) is 3. The molecule has 1 saturated carbocycles. The Bertz CT molecular complexity index is 1060. The molecule has 1 aliphatic rings. The van der Waals surface area contributed by atoms with Gasteiger partial charge in [0.2, 0.25) is 0 Å². The van der Waals surface area contributed by atoms with Crippen molar-refractivity contribution < 1.29 is 23.8 Å². The molecule has 0 radical (unpaired) electrons. The minimum absolute atomic E-state index is 0.164. The van der Waals surface area contributed by atoms with E-state index in [1.807, 2.05) is 48.5 Å². The zero-order chi connectivity index (χ0) is 22.2. The van der Waals surface area contributed by atoms with Crippen LogP contribution in [-0.4, -0.2) is 18.5 Å². The van der Waals surface area contributed by atoms with Crippen molar-refractivity contribution in [2.24, 2.45) is 5.92 Å².